The number of Topliss-reactive ketones (excluding diaryl/α,β-unsaturated/α-hetero) is 1. The normalized spacial score (nSPS) is 21.2. The molecule has 0 aliphatic carbocycles. The molecule has 1 aromatic carbocycles. The molecule has 7 heteroatoms. The number of hydrogen-bond donors (Lipinski definition) is 1. The Kier molecular flexibility index (Phi) is 4.44. The average Bonchev–Trinajstić information content (AvgIpc) is 2.56. The van der Waals surface area contributed by atoms with E-state index in [0.29, 0.717) is 22.6 Å². The summed E-state index contributed by atoms with van der Waals surface area (Å²) in [6.07, 6.45) is -0.322. The van der Waals surface area contributed by atoms with Gasteiger partial charge in [-0.2, -0.15) is 0 Å². The zero-order valence-electron chi connectivity index (χ0n) is 10.6. The first-order chi connectivity index (χ1) is 9.32. The lowest BCUT2D eigenvalue weighted by Crippen LogP contribution is -2.42. The van der Waals surface area contributed by atoms with Crippen LogP contribution in [0.3, 0.4) is 0 Å². The molecule has 1 aliphatic rings. The van der Waals surface area contributed by atoms with Gasteiger partial charge in [0.1, 0.15) is 5.78 Å². The van der Waals surface area contributed by atoms with Gasteiger partial charge in [0.25, 0.3) is 5.91 Å². The number of carbonyl (C=O) groups is 2. The van der Waals surface area contributed by atoms with Crippen molar-refractivity contribution >= 4 is 56.5 Å². The predicted molar refractivity (Wildman–Crippen MR) is 81.8 cm³/mol. The SMILES string of the molecule is CC(=O)CC1(O)C(=O)N(CCBr)c2c(Cl)ccc(Cl)c21. The molecule has 0 fully saturated rings. The summed E-state index contributed by atoms with van der Waals surface area (Å²) in [6, 6.07) is 3.08. The minimum absolute atomic E-state index is 0.216. The van der Waals surface area contributed by atoms with Crippen LogP contribution in [0.4, 0.5) is 5.69 Å². The number of anilines is 1. The Balaban J connectivity index is 2.68. The second kappa shape index (κ2) is 5.64. The van der Waals surface area contributed by atoms with Crippen molar-refractivity contribution in [2.75, 3.05) is 16.8 Å². The number of benzene rings is 1. The van der Waals surface area contributed by atoms with Gasteiger partial charge in [0.05, 0.1) is 10.7 Å². The second-order valence-electron chi connectivity index (χ2n) is 4.64. The maximum Gasteiger partial charge on any atom is 0.264 e. The Morgan fingerprint density at radius 2 is 2.00 bits per heavy atom. The molecule has 1 heterocycles. The summed E-state index contributed by atoms with van der Waals surface area (Å²) in [5, 5.41) is 11.8. The quantitative estimate of drug-likeness (QED) is 0.817. The van der Waals surface area contributed by atoms with Crippen molar-refractivity contribution < 1.29 is 14.7 Å². The number of amides is 1. The summed E-state index contributed by atoms with van der Waals surface area (Å²) < 4.78 is 0. The van der Waals surface area contributed by atoms with Crippen molar-refractivity contribution in [2.45, 2.75) is 18.9 Å². The molecule has 1 aliphatic heterocycles. The summed E-state index contributed by atoms with van der Waals surface area (Å²) in [4.78, 5) is 25.3. The first-order valence-electron chi connectivity index (χ1n) is 5.91. The minimum Gasteiger partial charge on any atom is -0.375 e. The van der Waals surface area contributed by atoms with Crippen LogP contribution < -0.4 is 4.90 Å². The van der Waals surface area contributed by atoms with Crippen LogP contribution in [0.25, 0.3) is 0 Å². The van der Waals surface area contributed by atoms with Gasteiger partial charge in [-0.25, -0.2) is 0 Å². The second-order valence-corrected chi connectivity index (χ2v) is 6.25. The van der Waals surface area contributed by atoms with Crippen molar-refractivity contribution in [1.29, 1.82) is 0 Å². The Bertz CT molecular complexity index is 593. The molecule has 0 aromatic heterocycles. The average molecular weight is 381 g/mol. The van der Waals surface area contributed by atoms with Crippen LogP contribution in [-0.2, 0) is 15.2 Å². The summed E-state index contributed by atoms with van der Waals surface area (Å²) in [7, 11) is 0. The van der Waals surface area contributed by atoms with Crippen molar-refractivity contribution in [1.82, 2.24) is 0 Å². The molecule has 0 spiro atoms. The number of nitrogens with zero attached hydrogens (tertiary/aromatic N) is 1. The van der Waals surface area contributed by atoms with Crippen LogP contribution >= 0.6 is 39.1 Å². The highest BCUT2D eigenvalue weighted by molar-refractivity contribution is 9.09. The molecule has 1 N–H and O–H groups in total. The number of rotatable bonds is 4. The molecule has 108 valence electrons. The van der Waals surface area contributed by atoms with Crippen molar-refractivity contribution in [3.8, 4) is 0 Å². The Labute approximate surface area is 134 Å². The smallest absolute Gasteiger partial charge is 0.264 e. The van der Waals surface area contributed by atoms with E-state index in [1.165, 1.54) is 17.9 Å². The van der Waals surface area contributed by atoms with Crippen molar-refractivity contribution in [3.05, 3.63) is 27.7 Å². The third-order valence-corrected chi connectivity index (χ3v) is 4.15. The molecular weight excluding hydrogens is 369 g/mol. The third kappa shape index (κ3) is 2.37. The minimum atomic E-state index is -1.94. The number of halogens is 3. The lowest BCUT2D eigenvalue weighted by atomic mass is 9.90. The van der Waals surface area contributed by atoms with Gasteiger partial charge in [0.15, 0.2) is 5.60 Å². The standard InChI is InChI=1S/C13H12BrCl2NO3/c1-7(18)6-13(20)10-8(15)2-3-9(16)11(10)17(5-4-14)12(13)19/h2-3,20H,4-6H2,1H3. The highest BCUT2D eigenvalue weighted by Crippen LogP contribution is 2.49. The first kappa shape index (κ1) is 15.8. The van der Waals surface area contributed by atoms with Crippen molar-refractivity contribution in [3.63, 3.8) is 0 Å². The fraction of sp³-hybridized carbons (Fsp3) is 0.385. The highest BCUT2D eigenvalue weighted by atomic mass is 79.9. The van der Waals surface area contributed by atoms with Gasteiger partial charge in [-0.15, -0.1) is 0 Å². The topological polar surface area (TPSA) is 57.6 Å². The van der Waals surface area contributed by atoms with Crippen LogP contribution in [0.2, 0.25) is 10.0 Å². The monoisotopic (exact) mass is 379 g/mol. The Morgan fingerprint density at radius 3 is 2.55 bits per heavy atom. The van der Waals surface area contributed by atoms with E-state index in [9.17, 15) is 14.7 Å². The van der Waals surface area contributed by atoms with E-state index >= 15 is 0 Å². The molecule has 0 radical (unpaired) electrons. The Morgan fingerprint density at radius 1 is 1.40 bits per heavy atom. The van der Waals surface area contributed by atoms with Gasteiger partial charge in [-0.1, -0.05) is 39.1 Å². The number of hydrogen-bond acceptors (Lipinski definition) is 3. The maximum absolute atomic E-state index is 12.5. The molecule has 1 aromatic rings. The van der Waals surface area contributed by atoms with Gasteiger partial charge in [-0.3, -0.25) is 9.59 Å². The van der Waals surface area contributed by atoms with Crippen LogP contribution in [0, 0.1) is 0 Å². The van der Waals surface area contributed by atoms with E-state index in [0.717, 1.165) is 0 Å². The van der Waals surface area contributed by atoms with Crippen LogP contribution in [0.1, 0.15) is 18.9 Å². The molecule has 2 rings (SSSR count). The molecular formula is C13H12BrCl2NO3. The fourth-order valence-corrected chi connectivity index (χ4v) is 3.38. The molecule has 1 atom stereocenters. The van der Waals surface area contributed by atoms with E-state index in [-0.39, 0.29) is 22.8 Å². The molecule has 4 nitrogen and oxygen atoms in total. The van der Waals surface area contributed by atoms with Crippen LogP contribution in [0.5, 0.6) is 0 Å². The molecule has 0 bridgehead atoms. The lowest BCUT2D eigenvalue weighted by Gasteiger charge is -2.22. The van der Waals surface area contributed by atoms with Crippen molar-refractivity contribution in [2.24, 2.45) is 0 Å². The number of aliphatic hydroxyl groups is 1. The summed E-state index contributed by atoms with van der Waals surface area (Å²) in [5.74, 6) is -0.874. The largest absolute Gasteiger partial charge is 0.375 e. The fourth-order valence-electron chi connectivity index (χ4n) is 2.45. The number of alkyl halides is 1. The van der Waals surface area contributed by atoms with E-state index < -0.39 is 11.5 Å². The van der Waals surface area contributed by atoms with Gasteiger partial charge < -0.3 is 10.0 Å². The predicted octanol–water partition coefficient (Wildman–Crippen LogP) is 2.90. The summed E-state index contributed by atoms with van der Waals surface area (Å²) in [6.45, 7) is 1.64. The highest BCUT2D eigenvalue weighted by Gasteiger charge is 2.52. The zero-order valence-corrected chi connectivity index (χ0v) is 13.7. The summed E-state index contributed by atoms with van der Waals surface area (Å²) in [5.41, 5.74) is -1.34. The van der Waals surface area contributed by atoms with Gasteiger partial charge in [0.2, 0.25) is 0 Å². The molecule has 1 amide bonds. The van der Waals surface area contributed by atoms with E-state index in [4.69, 9.17) is 23.2 Å². The number of ketones is 1. The molecule has 1 unspecified atom stereocenters. The maximum atomic E-state index is 12.5. The third-order valence-electron chi connectivity index (χ3n) is 3.17. The zero-order chi connectivity index (χ0) is 15.1. The van der Waals surface area contributed by atoms with E-state index in [1.807, 2.05) is 0 Å². The van der Waals surface area contributed by atoms with Gasteiger partial charge in [0, 0.05) is 28.9 Å². The van der Waals surface area contributed by atoms with E-state index in [2.05, 4.69) is 15.9 Å². The molecule has 0 saturated carbocycles. The van der Waals surface area contributed by atoms with Gasteiger partial charge in [-0.05, 0) is 19.1 Å². The Hall–Kier alpha value is -0.620. The number of carbonyl (C=O) groups excluding carboxylic acids is 2. The number of fused-ring (bicyclic) bond motifs is 1. The molecule has 0 saturated heterocycles. The van der Waals surface area contributed by atoms with Crippen LogP contribution in [-0.4, -0.2) is 28.7 Å². The first-order valence-corrected chi connectivity index (χ1v) is 7.79. The van der Waals surface area contributed by atoms with E-state index in [1.54, 1.807) is 6.07 Å². The van der Waals surface area contributed by atoms with Gasteiger partial charge >= 0.3 is 0 Å². The molecule has 20 heavy (non-hydrogen) atoms. The van der Waals surface area contributed by atoms with Crippen LogP contribution in [0.15, 0.2) is 12.1 Å². The summed E-state index contributed by atoms with van der Waals surface area (Å²) >= 11 is 15.5. The lowest BCUT2D eigenvalue weighted by molar-refractivity contribution is -0.141.